The van der Waals surface area contributed by atoms with Gasteiger partial charge in [-0.15, -0.1) is 0 Å². The van der Waals surface area contributed by atoms with Gasteiger partial charge in [0.05, 0.1) is 12.7 Å². The van der Waals surface area contributed by atoms with Gasteiger partial charge in [0.25, 0.3) is 0 Å². The van der Waals surface area contributed by atoms with E-state index in [1.54, 1.807) is 0 Å². The van der Waals surface area contributed by atoms with E-state index in [1.165, 1.54) is 33.0 Å². The fourth-order valence-corrected chi connectivity index (χ4v) is 3.59. The molecule has 0 aromatic heterocycles. The van der Waals surface area contributed by atoms with E-state index in [9.17, 15) is 0 Å². The average molecular weight is 288 g/mol. The zero-order chi connectivity index (χ0) is 14.9. The molecule has 1 unspecified atom stereocenters. The molecular weight excluding hydrogens is 268 g/mol. The molecule has 1 atom stereocenters. The summed E-state index contributed by atoms with van der Waals surface area (Å²) in [6.45, 7) is 2.97. The van der Waals surface area contributed by atoms with Crippen molar-refractivity contribution in [3.63, 3.8) is 0 Å². The number of fused-ring (bicyclic) bond motifs is 2. The zero-order valence-corrected chi connectivity index (χ0v) is 12.9. The maximum Gasteiger partial charge on any atom is 0.0839 e. The Labute approximate surface area is 131 Å². The molecule has 0 N–H and O–H groups in total. The second kappa shape index (κ2) is 5.58. The van der Waals surface area contributed by atoms with Crippen molar-refractivity contribution in [2.75, 3.05) is 0 Å². The van der Waals surface area contributed by atoms with Crippen molar-refractivity contribution < 1.29 is 4.74 Å². The first-order valence-electron chi connectivity index (χ1n) is 8.10. The summed E-state index contributed by atoms with van der Waals surface area (Å²) in [7, 11) is 0. The van der Waals surface area contributed by atoms with Crippen molar-refractivity contribution in [2.24, 2.45) is 0 Å². The highest BCUT2D eigenvalue weighted by Crippen LogP contribution is 2.44. The van der Waals surface area contributed by atoms with E-state index >= 15 is 0 Å². The first-order chi connectivity index (χ1) is 10.9. The van der Waals surface area contributed by atoms with Crippen LogP contribution in [-0.2, 0) is 11.3 Å². The Kier molecular flexibility index (Phi) is 3.44. The lowest BCUT2D eigenvalue weighted by molar-refractivity contribution is 0.0599. The largest absolute Gasteiger partial charge is 0.369 e. The van der Waals surface area contributed by atoms with Crippen LogP contribution in [0.25, 0.3) is 21.9 Å². The molecule has 3 aromatic rings. The molecule has 1 heteroatoms. The van der Waals surface area contributed by atoms with Gasteiger partial charge >= 0.3 is 0 Å². The Balaban J connectivity index is 2.05. The summed E-state index contributed by atoms with van der Waals surface area (Å²) < 4.78 is 6.10. The Morgan fingerprint density at radius 1 is 1.00 bits per heavy atom. The Morgan fingerprint density at radius 3 is 2.59 bits per heavy atom. The molecule has 0 aliphatic carbocycles. The lowest BCUT2D eigenvalue weighted by atomic mass is 9.87. The summed E-state index contributed by atoms with van der Waals surface area (Å²) in [5, 5.41) is 2.64. The van der Waals surface area contributed by atoms with Gasteiger partial charge in [0.1, 0.15) is 0 Å². The highest BCUT2D eigenvalue weighted by Gasteiger charge is 2.27. The van der Waals surface area contributed by atoms with Crippen LogP contribution < -0.4 is 0 Å². The van der Waals surface area contributed by atoms with Crippen molar-refractivity contribution >= 4 is 10.8 Å². The second-order valence-electron chi connectivity index (χ2n) is 6.00. The predicted octanol–water partition coefficient (Wildman–Crippen LogP) is 5.88. The van der Waals surface area contributed by atoms with Gasteiger partial charge in [-0.25, -0.2) is 0 Å². The summed E-state index contributed by atoms with van der Waals surface area (Å²) >= 11 is 0. The molecule has 0 saturated carbocycles. The molecule has 0 bridgehead atoms. The van der Waals surface area contributed by atoms with Gasteiger partial charge in [-0.3, -0.25) is 0 Å². The SMILES string of the molecule is CCCC1OCc2cc3ccccc3c(-c3ccccc3)c21. The van der Waals surface area contributed by atoms with E-state index in [2.05, 4.69) is 67.6 Å². The predicted molar refractivity (Wildman–Crippen MR) is 91.8 cm³/mol. The van der Waals surface area contributed by atoms with Crippen LogP contribution in [0.5, 0.6) is 0 Å². The summed E-state index contributed by atoms with van der Waals surface area (Å²) in [4.78, 5) is 0. The van der Waals surface area contributed by atoms with Crippen LogP contribution in [0.4, 0.5) is 0 Å². The maximum absolute atomic E-state index is 6.10. The molecule has 1 aliphatic heterocycles. The van der Waals surface area contributed by atoms with Gasteiger partial charge in [0.15, 0.2) is 0 Å². The van der Waals surface area contributed by atoms with Crippen LogP contribution in [0, 0.1) is 0 Å². The van der Waals surface area contributed by atoms with Crippen LogP contribution in [0.3, 0.4) is 0 Å². The minimum Gasteiger partial charge on any atom is -0.369 e. The molecule has 3 aromatic carbocycles. The van der Waals surface area contributed by atoms with Gasteiger partial charge in [-0.1, -0.05) is 67.9 Å². The molecule has 0 radical (unpaired) electrons. The fraction of sp³-hybridized carbons (Fsp3) is 0.238. The lowest BCUT2D eigenvalue weighted by Crippen LogP contribution is -1.99. The quantitative estimate of drug-likeness (QED) is 0.585. The first kappa shape index (κ1) is 13.5. The molecule has 22 heavy (non-hydrogen) atoms. The molecule has 1 nitrogen and oxygen atoms in total. The smallest absolute Gasteiger partial charge is 0.0839 e. The van der Waals surface area contributed by atoms with Gasteiger partial charge in [0.2, 0.25) is 0 Å². The minimum absolute atomic E-state index is 0.236. The third-order valence-corrected chi connectivity index (χ3v) is 4.55. The minimum atomic E-state index is 0.236. The first-order valence-corrected chi connectivity index (χ1v) is 8.10. The summed E-state index contributed by atoms with van der Waals surface area (Å²) in [5.41, 5.74) is 5.43. The third-order valence-electron chi connectivity index (χ3n) is 4.55. The number of hydrogen-bond donors (Lipinski definition) is 0. The highest BCUT2D eigenvalue weighted by molar-refractivity contribution is 5.99. The molecular formula is C21H20O. The standard InChI is InChI=1S/C21H20O/c1-2-8-19-21-17(14-22-19)13-16-11-6-7-12-18(16)20(21)15-9-4-3-5-10-15/h3-7,9-13,19H,2,8,14H2,1H3. The van der Waals surface area contributed by atoms with E-state index in [4.69, 9.17) is 4.74 Å². The molecule has 0 fully saturated rings. The molecule has 0 saturated heterocycles. The van der Waals surface area contributed by atoms with Crippen LogP contribution in [0.1, 0.15) is 37.0 Å². The van der Waals surface area contributed by atoms with Gasteiger partial charge in [0, 0.05) is 0 Å². The third kappa shape index (κ3) is 2.13. The molecule has 1 heterocycles. The van der Waals surface area contributed by atoms with Crippen LogP contribution >= 0.6 is 0 Å². The number of rotatable bonds is 3. The van der Waals surface area contributed by atoms with E-state index in [1.807, 2.05) is 0 Å². The monoisotopic (exact) mass is 288 g/mol. The van der Waals surface area contributed by atoms with E-state index in [-0.39, 0.29) is 6.10 Å². The van der Waals surface area contributed by atoms with Crippen molar-refractivity contribution in [2.45, 2.75) is 32.5 Å². The molecule has 1 aliphatic rings. The van der Waals surface area contributed by atoms with Crippen LogP contribution in [0.2, 0.25) is 0 Å². The lowest BCUT2D eigenvalue weighted by Gasteiger charge is -2.17. The number of benzene rings is 3. The van der Waals surface area contributed by atoms with Crippen LogP contribution in [0.15, 0.2) is 60.7 Å². The zero-order valence-electron chi connectivity index (χ0n) is 12.9. The summed E-state index contributed by atoms with van der Waals surface area (Å²) in [6, 6.07) is 21.7. The van der Waals surface area contributed by atoms with Gasteiger partial charge < -0.3 is 4.74 Å². The Morgan fingerprint density at radius 2 is 1.77 bits per heavy atom. The van der Waals surface area contributed by atoms with Gasteiger partial charge in [-0.2, -0.15) is 0 Å². The molecule has 0 spiro atoms. The summed E-state index contributed by atoms with van der Waals surface area (Å²) in [6.07, 6.45) is 2.47. The topological polar surface area (TPSA) is 9.23 Å². The molecule has 110 valence electrons. The van der Waals surface area contributed by atoms with Crippen molar-refractivity contribution in [1.29, 1.82) is 0 Å². The normalized spacial score (nSPS) is 16.9. The van der Waals surface area contributed by atoms with Crippen LogP contribution in [-0.4, -0.2) is 0 Å². The second-order valence-corrected chi connectivity index (χ2v) is 6.00. The van der Waals surface area contributed by atoms with E-state index in [0.29, 0.717) is 0 Å². The Hall–Kier alpha value is -2.12. The van der Waals surface area contributed by atoms with Gasteiger partial charge in [-0.05, 0) is 45.5 Å². The maximum atomic E-state index is 6.10. The molecule has 0 amide bonds. The Bertz CT molecular complexity index is 805. The molecule has 4 rings (SSSR count). The summed E-state index contributed by atoms with van der Waals surface area (Å²) in [5.74, 6) is 0. The van der Waals surface area contributed by atoms with Crippen molar-refractivity contribution in [3.8, 4) is 11.1 Å². The highest BCUT2D eigenvalue weighted by atomic mass is 16.5. The van der Waals surface area contributed by atoms with Crippen molar-refractivity contribution in [1.82, 2.24) is 0 Å². The fourth-order valence-electron chi connectivity index (χ4n) is 3.59. The van der Waals surface area contributed by atoms with E-state index < -0.39 is 0 Å². The average Bonchev–Trinajstić information content (AvgIpc) is 2.96. The van der Waals surface area contributed by atoms with Crippen molar-refractivity contribution in [3.05, 3.63) is 71.8 Å². The number of hydrogen-bond acceptors (Lipinski definition) is 1. The van der Waals surface area contributed by atoms with E-state index in [0.717, 1.165) is 19.4 Å². The number of ether oxygens (including phenoxy) is 1.